The number of fused-ring (bicyclic) bond motifs is 1. The van der Waals surface area contributed by atoms with Crippen molar-refractivity contribution in [1.82, 2.24) is 10.3 Å². The maximum absolute atomic E-state index is 12.0. The van der Waals surface area contributed by atoms with Crippen LogP contribution in [-0.2, 0) is 4.79 Å². The first-order valence-electron chi connectivity index (χ1n) is 7.80. The average molecular weight is 286 g/mol. The molecule has 0 unspecified atom stereocenters. The van der Waals surface area contributed by atoms with E-state index in [0.29, 0.717) is 6.04 Å². The van der Waals surface area contributed by atoms with Gasteiger partial charge in [0.2, 0.25) is 0 Å². The fraction of sp³-hybridized carbons (Fsp3) is 0.471. The standard InChI is InChI=1S/C17H22N2O2/c20-17(19-14-5-3-1-2-4-6-14)12-21-15-7-8-16-13(11-15)9-10-18-16/h7-11,14,18H,1-6,12H2,(H,19,20). The van der Waals surface area contributed by atoms with Gasteiger partial charge in [0.1, 0.15) is 5.75 Å². The van der Waals surface area contributed by atoms with Gasteiger partial charge in [-0.25, -0.2) is 0 Å². The molecular weight excluding hydrogens is 264 g/mol. The third-order valence-corrected chi connectivity index (χ3v) is 4.11. The number of carbonyl (C=O) groups is 1. The van der Waals surface area contributed by atoms with Gasteiger partial charge >= 0.3 is 0 Å². The highest BCUT2D eigenvalue weighted by Gasteiger charge is 2.14. The smallest absolute Gasteiger partial charge is 0.258 e. The van der Waals surface area contributed by atoms with E-state index in [0.717, 1.165) is 29.5 Å². The van der Waals surface area contributed by atoms with Gasteiger partial charge in [0, 0.05) is 23.1 Å². The second kappa shape index (κ2) is 6.66. The molecule has 2 N–H and O–H groups in total. The van der Waals surface area contributed by atoms with Crippen LogP contribution in [0.25, 0.3) is 10.9 Å². The summed E-state index contributed by atoms with van der Waals surface area (Å²) in [5.41, 5.74) is 1.07. The molecule has 1 heterocycles. The number of nitrogens with one attached hydrogen (secondary N) is 2. The topological polar surface area (TPSA) is 54.1 Å². The number of aromatic amines is 1. The number of carbonyl (C=O) groups excluding carboxylic acids is 1. The zero-order valence-corrected chi connectivity index (χ0v) is 12.2. The van der Waals surface area contributed by atoms with Crippen LogP contribution >= 0.6 is 0 Å². The van der Waals surface area contributed by atoms with Gasteiger partial charge in [0.05, 0.1) is 0 Å². The van der Waals surface area contributed by atoms with Gasteiger partial charge < -0.3 is 15.0 Å². The van der Waals surface area contributed by atoms with Crippen LogP contribution in [0.5, 0.6) is 5.75 Å². The Morgan fingerprint density at radius 3 is 2.81 bits per heavy atom. The molecule has 0 saturated heterocycles. The van der Waals surface area contributed by atoms with E-state index in [2.05, 4.69) is 10.3 Å². The van der Waals surface area contributed by atoms with Crippen molar-refractivity contribution in [3.63, 3.8) is 0 Å². The van der Waals surface area contributed by atoms with E-state index in [9.17, 15) is 4.79 Å². The monoisotopic (exact) mass is 286 g/mol. The molecule has 1 saturated carbocycles. The Balaban J connectivity index is 1.50. The molecule has 0 radical (unpaired) electrons. The molecule has 1 aromatic carbocycles. The van der Waals surface area contributed by atoms with E-state index in [1.807, 2.05) is 30.5 Å². The minimum Gasteiger partial charge on any atom is -0.484 e. The average Bonchev–Trinajstić information content (AvgIpc) is 2.81. The number of rotatable bonds is 4. The lowest BCUT2D eigenvalue weighted by Gasteiger charge is -2.16. The summed E-state index contributed by atoms with van der Waals surface area (Å²) < 4.78 is 5.59. The van der Waals surface area contributed by atoms with Crippen LogP contribution < -0.4 is 10.1 Å². The van der Waals surface area contributed by atoms with Gasteiger partial charge in [-0.3, -0.25) is 4.79 Å². The first-order valence-corrected chi connectivity index (χ1v) is 7.80. The summed E-state index contributed by atoms with van der Waals surface area (Å²) in [4.78, 5) is 15.1. The molecular formula is C17H22N2O2. The lowest BCUT2D eigenvalue weighted by molar-refractivity contribution is -0.123. The molecule has 4 heteroatoms. The van der Waals surface area contributed by atoms with E-state index in [-0.39, 0.29) is 12.5 Å². The highest BCUT2D eigenvalue weighted by atomic mass is 16.5. The maximum atomic E-state index is 12.0. The SMILES string of the molecule is O=C(COc1ccc2[nH]ccc2c1)NC1CCCCCC1. The predicted molar refractivity (Wildman–Crippen MR) is 83.4 cm³/mol. The summed E-state index contributed by atoms with van der Waals surface area (Å²) in [5.74, 6) is 0.717. The molecule has 112 valence electrons. The van der Waals surface area contributed by atoms with Crippen LogP contribution in [0.15, 0.2) is 30.5 Å². The minimum atomic E-state index is -0.0175. The van der Waals surface area contributed by atoms with Gasteiger partial charge in [-0.1, -0.05) is 25.7 Å². The fourth-order valence-corrected chi connectivity index (χ4v) is 2.96. The van der Waals surface area contributed by atoms with Gasteiger partial charge in [0.25, 0.3) is 5.91 Å². The zero-order valence-electron chi connectivity index (χ0n) is 12.2. The van der Waals surface area contributed by atoms with Crippen LogP contribution in [0.2, 0.25) is 0 Å². The van der Waals surface area contributed by atoms with E-state index in [1.54, 1.807) is 0 Å². The van der Waals surface area contributed by atoms with Gasteiger partial charge in [-0.05, 0) is 37.1 Å². The molecule has 21 heavy (non-hydrogen) atoms. The Labute approximate surface area is 124 Å². The Morgan fingerprint density at radius 2 is 2.00 bits per heavy atom. The summed E-state index contributed by atoms with van der Waals surface area (Å²) in [6.45, 7) is 0.0897. The van der Waals surface area contributed by atoms with Gasteiger partial charge in [-0.2, -0.15) is 0 Å². The van der Waals surface area contributed by atoms with Crippen LogP contribution in [0.3, 0.4) is 0 Å². The molecule has 1 aromatic heterocycles. The highest BCUT2D eigenvalue weighted by molar-refractivity contribution is 5.81. The van der Waals surface area contributed by atoms with Crippen molar-refractivity contribution in [1.29, 1.82) is 0 Å². The summed E-state index contributed by atoms with van der Waals surface area (Å²) in [5, 5.41) is 4.19. The molecule has 0 aliphatic heterocycles. The molecule has 4 nitrogen and oxygen atoms in total. The van der Waals surface area contributed by atoms with Crippen molar-refractivity contribution in [2.75, 3.05) is 6.61 Å². The largest absolute Gasteiger partial charge is 0.484 e. The predicted octanol–water partition coefficient (Wildman–Crippen LogP) is 3.39. The number of ether oxygens (including phenoxy) is 1. The van der Waals surface area contributed by atoms with Crippen molar-refractivity contribution in [3.05, 3.63) is 30.5 Å². The van der Waals surface area contributed by atoms with Crippen molar-refractivity contribution in [2.24, 2.45) is 0 Å². The number of aromatic nitrogens is 1. The second-order valence-corrected chi connectivity index (χ2v) is 5.77. The van der Waals surface area contributed by atoms with Crippen molar-refractivity contribution >= 4 is 16.8 Å². The molecule has 1 fully saturated rings. The molecule has 0 bridgehead atoms. The number of hydrogen-bond donors (Lipinski definition) is 2. The van der Waals surface area contributed by atoms with E-state index >= 15 is 0 Å². The van der Waals surface area contributed by atoms with Crippen LogP contribution in [0, 0.1) is 0 Å². The molecule has 2 aromatic rings. The van der Waals surface area contributed by atoms with Crippen LogP contribution in [0.4, 0.5) is 0 Å². The van der Waals surface area contributed by atoms with Crippen LogP contribution in [-0.4, -0.2) is 23.5 Å². The first-order chi connectivity index (χ1) is 10.3. The van der Waals surface area contributed by atoms with Crippen LogP contribution in [0.1, 0.15) is 38.5 Å². The Kier molecular flexibility index (Phi) is 4.43. The molecule has 1 aliphatic rings. The van der Waals surface area contributed by atoms with E-state index < -0.39 is 0 Å². The molecule has 0 atom stereocenters. The number of H-pyrrole nitrogens is 1. The third-order valence-electron chi connectivity index (χ3n) is 4.11. The number of benzene rings is 1. The van der Waals surface area contributed by atoms with Crippen molar-refractivity contribution in [2.45, 2.75) is 44.6 Å². The van der Waals surface area contributed by atoms with Crippen molar-refractivity contribution < 1.29 is 9.53 Å². The summed E-state index contributed by atoms with van der Waals surface area (Å²) in [7, 11) is 0. The van der Waals surface area contributed by atoms with E-state index in [4.69, 9.17) is 4.74 Å². The normalized spacial score (nSPS) is 16.6. The number of hydrogen-bond acceptors (Lipinski definition) is 2. The van der Waals surface area contributed by atoms with E-state index in [1.165, 1.54) is 25.7 Å². The Morgan fingerprint density at radius 1 is 1.19 bits per heavy atom. The second-order valence-electron chi connectivity index (χ2n) is 5.77. The summed E-state index contributed by atoms with van der Waals surface area (Å²) in [6, 6.07) is 8.13. The first kappa shape index (κ1) is 14.0. The van der Waals surface area contributed by atoms with Gasteiger partial charge in [0.15, 0.2) is 6.61 Å². The third kappa shape index (κ3) is 3.78. The maximum Gasteiger partial charge on any atom is 0.258 e. The lowest BCUT2D eigenvalue weighted by atomic mass is 10.1. The lowest BCUT2D eigenvalue weighted by Crippen LogP contribution is -2.37. The molecule has 0 spiro atoms. The summed E-state index contributed by atoms with van der Waals surface area (Å²) >= 11 is 0. The zero-order chi connectivity index (χ0) is 14.5. The quantitative estimate of drug-likeness (QED) is 0.847. The summed E-state index contributed by atoms with van der Waals surface area (Å²) in [6.07, 6.45) is 9.11. The number of amides is 1. The van der Waals surface area contributed by atoms with Gasteiger partial charge in [-0.15, -0.1) is 0 Å². The fourth-order valence-electron chi connectivity index (χ4n) is 2.96. The highest BCUT2D eigenvalue weighted by Crippen LogP contribution is 2.20. The molecule has 1 amide bonds. The Hall–Kier alpha value is -1.97. The Bertz CT molecular complexity index is 598. The molecule has 3 rings (SSSR count). The minimum absolute atomic E-state index is 0.0175. The van der Waals surface area contributed by atoms with Crippen molar-refractivity contribution in [3.8, 4) is 5.75 Å². The molecule has 1 aliphatic carbocycles.